The Bertz CT molecular complexity index is 1100. The SMILES string of the molecule is CC(C)OC1NC(C2=CC3C4C=CC=CC4C=CC3C3C=CC=CC23)=NC(C2C=CC=CC2O)N1. The molecule has 1 aliphatic heterocycles. The molecule has 0 amide bonds. The molecule has 6 rings (SSSR count). The monoisotopic (exact) mass is 469 g/mol. The van der Waals surface area contributed by atoms with Crippen LogP contribution in [0.1, 0.15) is 13.8 Å². The Kier molecular flexibility index (Phi) is 6.09. The molecule has 182 valence electrons. The summed E-state index contributed by atoms with van der Waals surface area (Å²) < 4.78 is 6.18. The third-order valence-corrected chi connectivity index (χ3v) is 8.07. The zero-order valence-corrected chi connectivity index (χ0v) is 20.3. The van der Waals surface area contributed by atoms with Gasteiger partial charge in [-0.15, -0.1) is 0 Å². The summed E-state index contributed by atoms with van der Waals surface area (Å²) in [5, 5.41) is 17.7. The van der Waals surface area contributed by atoms with Crippen molar-refractivity contribution in [3.63, 3.8) is 0 Å². The Morgan fingerprint density at radius 2 is 1.49 bits per heavy atom. The van der Waals surface area contributed by atoms with Crippen molar-refractivity contribution in [3.8, 4) is 0 Å². The fourth-order valence-corrected chi connectivity index (χ4v) is 6.47. The van der Waals surface area contributed by atoms with Gasteiger partial charge < -0.3 is 15.2 Å². The van der Waals surface area contributed by atoms with Gasteiger partial charge in [0.1, 0.15) is 12.0 Å². The van der Waals surface area contributed by atoms with Crippen LogP contribution in [0.25, 0.3) is 0 Å². The van der Waals surface area contributed by atoms with Crippen molar-refractivity contribution in [2.24, 2.45) is 46.4 Å². The molecule has 0 fully saturated rings. The van der Waals surface area contributed by atoms with Crippen LogP contribution in [0, 0.1) is 41.4 Å². The molecular weight excluding hydrogens is 434 g/mol. The van der Waals surface area contributed by atoms with Gasteiger partial charge in [-0.05, 0) is 43.1 Å². The predicted octanol–water partition coefficient (Wildman–Crippen LogP) is 4.17. The quantitative estimate of drug-likeness (QED) is 0.541. The maximum atomic E-state index is 10.7. The summed E-state index contributed by atoms with van der Waals surface area (Å²) in [6, 6.07) is 0. The van der Waals surface area contributed by atoms with Crippen molar-refractivity contribution in [2.45, 2.75) is 38.6 Å². The summed E-state index contributed by atoms with van der Waals surface area (Å²) in [4.78, 5) is 5.16. The molecule has 5 aliphatic carbocycles. The van der Waals surface area contributed by atoms with E-state index in [4.69, 9.17) is 9.73 Å². The lowest BCUT2D eigenvalue weighted by molar-refractivity contribution is -0.0371. The highest BCUT2D eigenvalue weighted by Crippen LogP contribution is 2.50. The minimum Gasteiger partial charge on any atom is -0.388 e. The zero-order valence-electron chi connectivity index (χ0n) is 20.3. The van der Waals surface area contributed by atoms with Gasteiger partial charge in [-0.25, -0.2) is 4.99 Å². The van der Waals surface area contributed by atoms with Crippen molar-refractivity contribution in [1.82, 2.24) is 10.6 Å². The molecule has 0 bridgehead atoms. The number of allylic oxidation sites excluding steroid dienone is 13. The van der Waals surface area contributed by atoms with Crippen LogP contribution in [-0.2, 0) is 4.74 Å². The number of hydrogen-bond donors (Lipinski definition) is 3. The van der Waals surface area contributed by atoms with Gasteiger partial charge in [0, 0.05) is 17.8 Å². The van der Waals surface area contributed by atoms with Gasteiger partial charge in [-0.2, -0.15) is 0 Å². The van der Waals surface area contributed by atoms with E-state index in [1.165, 1.54) is 5.57 Å². The topological polar surface area (TPSA) is 65.9 Å². The van der Waals surface area contributed by atoms with Gasteiger partial charge in [0.15, 0.2) is 6.35 Å². The first kappa shape index (κ1) is 22.7. The largest absolute Gasteiger partial charge is 0.388 e. The second-order valence-corrected chi connectivity index (χ2v) is 10.6. The summed E-state index contributed by atoms with van der Waals surface area (Å²) >= 11 is 0. The molecule has 1 heterocycles. The number of aliphatic imine (C=N–C) groups is 1. The van der Waals surface area contributed by atoms with E-state index >= 15 is 0 Å². The van der Waals surface area contributed by atoms with Crippen LogP contribution >= 0.6 is 0 Å². The van der Waals surface area contributed by atoms with E-state index < -0.39 is 6.10 Å². The second kappa shape index (κ2) is 9.38. The molecule has 0 saturated heterocycles. The summed E-state index contributed by atoms with van der Waals surface area (Å²) in [6.45, 7) is 4.07. The van der Waals surface area contributed by atoms with Crippen LogP contribution in [0.2, 0.25) is 0 Å². The van der Waals surface area contributed by atoms with Crippen molar-refractivity contribution in [2.75, 3.05) is 0 Å². The molecule has 3 N–H and O–H groups in total. The summed E-state index contributed by atoms with van der Waals surface area (Å²) in [7, 11) is 0. The lowest BCUT2D eigenvalue weighted by Crippen LogP contribution is -2.60. The van der Waals surface area contributed by atoms with Crippen LogP contribution in [0.4, 0.5) is 0 Å². The minimum absolute atomic E-state index is 0.0464. The average Bonchev–Trinajstić information content (AvgIpc) is 2.87. The van der Waals surface area contributed by atoms with Crippen LogP contribution in [0.3, 0.4) is 0 Å². The van der Waals surface area contributed by atoms with E-state index in [0.717, 1.165) is 5.84 Å². The van der Waals surface area contributed by atoms with Gasteiger partial charge in [0.25, 0.3) is 0 Å². The Morgan fingerprint density at radius 1 is 0.771 bits per heavy atom. The molecule has 0 aromatic heterocycles. The number of fused-ring (bicyclic) bond motifs is 5. The van der Waals surface area contributed by atoms with E-state index in [2.05, 4.69) is 77.5 Å². The van der Waals surface area contributed by atoms with Gasteiger partial charge in [-0.3, -0.25) is 5.32 Å². The fraction of sp³-hybridized carbons (Fsp3) is 0.433. The van der Waals surface area contributed by atoms with E-state index in [1.807, 2.05) is 38.2 Å². The number of rotatable bonds is 4. The average molecular weight is 470 g/mol. The lowest BCUT2D eigenvalue weighted by atomic mass is 9.58. The smallest absolute Gasteiger partial charge is 0.187 e. The molecule has 0 spiro atoms. The van der Waals surface area contributed by atoms with Gasteiger partial charge in [0.05, 0.1) is 12.2 Å². The maximum Gasteiger partial charge on any atom is 0.187 e. The minimum atomic E-state index is -0.585. The maximum absolute atomic E-state index is 10.7. The second-order valence-electron chi connectivity index (χ2n) is 10.6. The summed E-state index contributed by atoms with van der Waals surface area (Å²) in [5.41, 5.74) is 1.24. The number of nitrogens with zero attached hydrogens (tertiary/aromatic N) is 1. The van der Waals surface area contributed by atoms with Crippen molar-refractivity contribution < 1.29 is 9.84 Å². The molecule has 0 saturated carbocycles. The highest BCUT2D eigenvalue weighted by molar-refractivity contribution is 6.00. The lowest BCUT2D eigenvalue weighted by Gasteiger charge is -2.47. The van der Waals surface area contributed by atoms with Crippen molar-refractivity contribution >= 4 is 5.84 Å². The highest BCUT2D eigenvalue weighted by Gasteiger charge is 2.45. The van der Waals surface area contributed by atoms with Crippen LogP contribution in [0.5, 0.6) is 0 Å². The van der Waals surface area contributed by atoms with E-state index in [0.29, 0.717) is 29.6 Å². The summed E-state index contributed by atoms with van der Waals surface area (Å²) in [6.07, 6.45) is 32.0. The number of aliphatic hydroxyl groups is 1. The van der Waals surface area contributed by atoms with E-state index in [1.54, 1.807) is 0 Å². The Hall–Kier alpha value is -2.73. The molecule has 0 aromatic rings. The normalized spacial score (nSPS) is 42.7. The van der Waals surface area contributed by atoms with E-state index in [-0.39, 0.29) is 30.5 Å². The molecule has 10 unspecified atom stereocenters. The third-order valence-electron chi connectivity index (χ3n) is 8.07. The standard InChI is InChI=1S/C30H35N3O2/c1-18(2)35-30-32-28(24-13-7-8-14-27(24)34)31-29(33-30)26-17-25-20-10-4-3-9-19(20)15-16-23(25)21-11-5-6-12-22(21)26/h3-25,27-28,30,32,34H,1-2H3,(H,31,33). The number of amidine groups is 1. The number of aliphatic hydroxyl groups excluding tert-OH is 1. The molecule has 0 aromatic carbocycles. The Morgan fingerprint density at radius 3 is 2.29 bits per heavy atom. The molecule has 5 heteroatoms. The van der Waals surface area contributed by atoms with Crippen LogP contribution in [0.15, 0.2) is 102 Å². The van der Waals surface area contributed by atoms with Gasteiger partial charge in [0.2, 0.25) is 0 Å². The van der Waals surface area contributed by atoms with Gasteiger partial charge >= 0.3 is 0 Å². The molecule has 0 radical (unpaired) electrons. The molecular formula is C30H35N3O2. The fourth-order valence-electron chi connectivity index (χ4n) is 6.47. The van der Waals surface area contributed by atoms with Gasteiger partial charge in [-0.1, -0.05) is 91.1 Å². The molecule has 35 heavy (non-hydrogen) atoms. The van der Waals surface area contributed by atoms with Crippen molar-refractivity contribution in [3.05, 3.63) is 96.7 Å². The van der Waals surface area contributed by atoms with Crippen LogP contribution in [-0.4, -0.2) is 35.7 Å². The first-order valence-electron chi connectivity index (χ1n) is 13.0. The molecule has 5 nitrogen and oxygen atoms in total. The third kappa shape index (κ3) is 4.26. The molecule has 6 aliphatic rings. The Balaban J connectivity index is 1.40. The molecule has 10 atom stereocenters. The Labute approximate surface area is 208 Å². The predicted molar refractivity (Wildman–Crippen MR) is 140 cm³/mol. The zero-order chi connectivity index (χ0) is 23.9. The van der Waals surface area contributed by atoms with Crippen LogP contribution < -0.4 is 10.6 Å². The number of ether oxygens (including phenoxy) is 1. The van der Waals surface area contributed by atoms with E-state index in [9.17, 15) is 5.11 Å². The first-order valence-corrected chi connectivity index (χ1v) is 13.0. The first-order chi connectivity index (χ1) is 17.1. The number of hydrogen-bond acceptors (Lipinski definition) is 5. The number of nitrogens with one attached hydrogen (secondary N) is 2. The highest BCUT2D eigenvalue weighted by atomic mass is 16.5. The van der Waals surface area contributed by atoms with Crippen molar-refractivity contribution in [1.29, 1.82) is 0 Å². The summed E-state index contributed by atoms with van der Waals surface area (Å²) in [5.74, 6) is 3.15.